The van der Waals surface area contributed by atoms with Crippen LogP contribution in [-0.4, -0.2) is 4.98 Å². The Kier molecular flexibility index (Phi) is 2.10. The fourth-order valence-corrected chi connectivity index (χ4v) is 1.88. The molecular weight excluding hydrogens is 202 g/mol. The minimum Gasteiger partial charge on any atom is -0.359 e. The summed E-state index contributed by atoms with van der Waals surface area (Å²) in [6.07, 6.45) is 0. The van der Waals surface area contributed by atoms with E-state index in [1.165, 1.54) is 0 Å². The van der Waals surface area contributed by atoms with Crippen molar-refractivity contribution in [3.05, 3.63) is 39.5 Å². The molecule has 66 valence electrons. The average molecular weight is 210 g/mol. The maximum Gasteiger partial charge on any atom is 0.0487 e. The maximum atomic E-state index is 5.87. The molecule has 1 N–H and O–H groups in total. The number of aromatic amines is 1. The van der Waals surface area contributed by atoms with Gasteiger partial charge in [-0.15, -0.1) is 0 Å². The Labute approximate surface area is 86.4 Å². The highest BCUT2D eigenvalue weighted by Gasteiger charge is 1.97. The normalized spacial score (nSPS) is 10.6. The van der Waals surface area contributed by atoms with E-state index in [1.54, 1.807) is 0 Å². The van der Waals surface area contributed by atoms with E-state index < -0.39 is 0 Å². The summed E-state index contributed by atoms with van der Waals surface area (Å²) in [6.45, 7) is 1.98. The van der Waals surface area contributed by atoms with Crippen LogP contribution in [0.2, 0.25) is 5.02 Å². The zero-order chi connectivity index (χ0) is 9.42. The lowest BCUT2D eigenvalue weighted by molar-refractivity contribution is 1.25. The number of aromatic nitrogens is 1. The van der Waals surface area contributed by atoms with Crippen LogP contribution in [0.5, 0.6) is 0 Å². The molecule has 3 heteroatoms. The second-order valence-electron chi connectivity index (χ2n) is 3.01. The van der Waals surface area contributed by atoms with Gasteiger partial charge in [0.05, 0.1) is 0 Å². The van der Waals surface area contributed by atoms with Crippen LogP contribution in [0.1, 0.15) is 5.69 Å². The van der Waals surface area contributed by atoms with Crippen LogP contribution >= 0.6 is 23.8 Å². The monoisotopic (exact) mass is 209 g/mol. The minimum atomic E-state index is 0.726. The van der Waals surface area contributed by atoms with Crippen LogP contribution in [-0.2, 0) is 0 Å². The summed E-state index contributed by atoms with van der Waals surface area (Å²) in [6, 6.07) is 7.63. The highest BCUT2D eigenvalue weighted by molar-refractivity contribution is 7.71. The Morgan fingerprint density at radius 1 is 1.31 bits per heavy atom. The van der Waals surface area contributed by atoms with Gasteiger partial charge in [-0.1, -0.05) is 23.8 Å². The van der Waals surface area contributed by atoms with Gasteiger partial charge in [-0.3, -0.25) is 0 Å². The first-order valence-electron chi connectivity index (χ1n) is 3.96. The molecule has 1 heterocycles. The lowest BCUT2D eigenvalue weighted by Gasteiger charge is -2.01. The van der Waals surface area contributed by atoms with Gasteiger partial charge in [0, 0.05) is 26.1 Å². The van der Waals surface area contributed by atoms with Crippen LogP contribution in [0.4, 0.5) is 0 Å². The van der Waals surface area contributed by atoms with E-state index in [-0.39, 0.29) is 0 Å². The zero-order valence-corrected chi connectivity index (χ0v) is 8.67. The summed E-state index contributed by atoms with van der Waals surface area (Å²) in [5.74, 6) is 0. The number of nitrogens with one attached hydrogen (secondary N) is 1. The summed E-state index contributed by atoms with van der Waals surface area (Å²) in [4.78, 5) is 3.22. The molecule has 0 amide bonds. The van der Waals surface area contributed by atoms with Crippen LogP contribution in [0.15, 0.2) is 24.3 Å². The molecule has 1 aromatic heterocycles. The molecule has 2 aromatic rings. The van der Waals surface area contributed by atoms with Crippen molar-refractivity contribution in [3.8, 4) is 0 Å². The van der Waals surface area contributed by atoms with E-state index in [0.717, 1.165) is 26.1 Å². The molecule has 0 unspecified atom stereocenters. The number of fused-ring (bicyclic) bond motifs is 1. The first-order valence-corrected chi connectivity index (χ1v) is 4.74. The van der Waals surface area contributed by atoms with Crippen molar-refractivity contribution in [2.45, 2.75) is 6.92 Å². The van der Waals surface area contributed by atoms with Crippen molar-refractivity contribution in [1.82, 2.24) is 4.98 Å². The molecule has 0 saturated heterocycles. The van der Waals surface area contributed by atoms with Crippen LogP contribution in [0.25, 0.3) is 10.9 Å². The van der Waals surface area contributed by atoms with E-state index in [9.17, 15) is 0 Å². The SMILES string of the molecule is Cc1cc(=S)c2ccc(Cl)cc2[nH]1. The Morgan fingerprint density at radius 2 is 2.08 bits per heavy atom. The first-order chi connectivity index (χ1) is 6.16. The van der Waals surface area contributed by atoms with E-state index >= 15 is 0 Å². The smallest absolute Gasteiger partial charge is 0.0487 e. The molecular formula is C10H8ClNS. The molecule has 0 aliphatic heterocycles. The molecule has 0 fully saturated rings. The molecule has 0 aliphatic carbocycles. The summed E-state index contributed by atoms with van der Waals surface area (Å²) < 4.78 is 0.864. The number of aryl methyl sites for hydroxylation is 1. The second kappa shape index (κ2) is 3.13. The Morgan fingerprint density at radius 3 is 2.85 bits per heavy atom. The topological polar surface area (TPSA) is 15.8 Å². The number of pyridine rings is 1. The van der Waals surface area contributed by atoms with Crippen molar-refractivity contribution in [1.29, 1.82) is 0 Å². The lowest BCUT2D eigenvalue weighted by atomic mass is 10.2. The van der Waals surface area contributed by atoms with Gasteiger partial charge in [0.15, 0.2) is 0 Å². The lowest BCUT2D eigenvalue weighted by Crippen LogP contribution is -1.83. The van der Waals surface area contributed by atoms with E-state index in [2.05, 4.69) is 4.98 Å². The van der Waals surface area contributed by atoms with Gasteiger partial charge < -0.3 is 4.98 Å². The highest BCUT2D eigenvalue weighted by Crippen LogP contribution is 2.19. The molecule has 1 nitrogen and oxygen atoms in total. The molecule has 1 aromatic carbocycles. The maximum absolute atomic E-state index is 5.87. The van der Waals surface area contributed by atoms with Crippen molar-refractivity contribution in [3.63, 3.8) is 0 Å². The third-order valence-electron chi connectivity index (χ3n) is 1.93. The predicted molar refractivity (Wildman–Crippen MR) is 58.9 cm³/mol. The van der Waals surface area contributed by atoms with Gasteiger partial charge in [-0.2, -0.15) is 0 Å². The molecule has 0 bridgehead atoms. The highest BCUT2D eigenvalue weighted by atomic mass is 35.5. The number of H-pyrrole nitrogens is 1. The van der Waals surface area contributed by atoms with Crippen molar-refractivity contribution in [2.24, 2.45) is 0 Å². The van der Waals surface area contributed by atoms with Gasteiger partial charge in [0.2, 0.25) is 0 Å². The third-order valence-corrected chi connectivity index (χ3v) is 2.50. The van der Waals surface area contributed by atoms with Gasteiger partial charge in [-0.05, 0) is 31.2 Å². The van der Waals surface area contributed by atoms with Gasteiger partial charge in [0.1, 0.15) is 0 Å². The fourth-order valence-electron chi connectivity index (χ4n) is 1.36. The van der Waals surface area contributed by atoms with Crippen molar-refractivity contribution in [2.75, 3.05) is 0 Å². The summed E-state index contributed by atoms with van der Waals surface area (Å²) >= 11 is 11.1. The minimum absolute atomic E-state index is 0.726. The molecule has 13 heavy (non-hydrogen) atoms. The Hall–Kier alpha value is -0.860. The van der Waals surface area contributed by atoms with E-state index in [0.29, 0.717) is 0 Å². The number of hydrogen-bond donors (Lipinski definition) is 1. The van der Waals surface area contributed by atoms with Gasteiger partial charge >= 0.3 is 0 Å². The van der Waals surface area contributed by atoms with Gasteiger partial charge in [-0.25, -0.2) is 0 Å². The number of halogens is 1. The summed E-state index contributed by atoms with van der Waals surface area (Å²) in [5, 5.41) is 1.77. The van der Waals surface area contributed by atoms with Crippen molar-refractivity contribution >= 4 is 34.7 Å². The summed E-state index contributed by atoms with van der Waals surface area (Å²) in [7, 11) is 0. The molecule has 0 atom stereocenters. The predicted octanol–water partition coefficient (Wildman–Crippen LogP) is 3.86. The van der Waals surface area contributed by atoms with Crippen LogP contribution < -0.4 is 0 Å². The number of hydrogen-bond acceptors (Lipinski definition) is 1. The fraction of sp³-hybridized carbons (Fsp3) is 0.100. The molecule has 0 radical (unpaired) electrons. The van der Waals surface area contributed by atoms with Crippen LogP contribution in [0.3, 0.4) is 0 Å². The standard InChI is InChI=1S/C10H8ClNS/c1-6-4-10(13)8-3-2-7(11)5-9(8)12-6/h2-5H,1H3,(H,12,13). The Bertz CT molecular complexity index is 511. The van der Waals surface area contributed by atoms with Crippen LogP contribution in [0, 0.1) is 11.4 Å². The molecule has 0 saturated carbocycles. The second-order valence-corrected chi connectivity index (χ2v) is 3.88. The zero-order valence-electron chi connectivity index (χ0n) is 7.10. The van der Waals surface area contributed by atoms with E-state index in [4.69, 9.17) is 23.8 Å². The summed E-state index contributed by atoms with van der Waals surface area (Å²) in [5.41, 5.74) is 2.05. The first kappa shape index (κ1) is 8.73. The third kappa shape index (κ3) is 1.60. The molecule has 0 spiro atoms. The average Bonchev–Trinajstić information content (AvgIpc) is 2.02. The molecule has 0 aliphatic rings. The largest absolute Gasteiger partial charge is 0.359 e. The quantitative estimate of drug-likeness (QED) is 0.652. The van der Waals surface area contributed by atoms with Crippen molar-refractivity contribution < 1.29 is 0 Å². The number of benzene rings is 1. The number of rotatable bonds is 0. The van der Waals surface area contributed by atoms with Gasteiger partial charge in [0.25, 0.3) is 0 Å². The van der Waals surface area contributed by atoms with E-state index in [1.807, 2.05) is 31.2 Å². The Balaban J connectivity index is 2.95. The molecule has 2 rings (SSSR count).